The molecular weight excluding hydrogens is 391 g/mol. The third-order valence-corrected chi connectivity index (χ3v) is 7.86. The molecule has 3 aromatic rings. The van der Waals surface area contributed by atoms with Crippen LogP contribution in [0.4, 0.5) is 0 Å². The fourth-order valence-corrected chi connectivity index (χ4v) is 5.80. The molecule has 154 valence electrons. The molecule has 0 N–H and O–H groups in total. The highest BCUT2D eigenvalue weighted by Crippen LogP contribution is 2.34. The van der Waals surface area contributed by atoms with Crippen molar-refractivity contribution in [2.75, 3.05) is 0 Å². The summed E-state index contributed by atoms with van der Waals surface area (Å²) >= 11 is 0. The van der Waals surface area contributed by atoms with Crippen LogP contribution < -0.4 is 5.30 Å². The summed E-state index contributed by atoms with van der Waals surface area (Å²) in [6.45, 7) is 11.4. The fraction of sp³-hybridized carbons (Fsp3) is 0.231. The molecular formula is C26H27O3P. The molecule has 0 radical (unpaired) electrons. The minimum Gasteiger partial charge on any atom is -0.313 e. The second kappa shape index (κ2) is 8.53. The molecule has 0 aromatic heterocycles. The van der Waals surface area contributed by atoms with E-state index in [2.05, 4.69) is 0 Å². The van der Waals surface area contributed by atoms with Gasteiger partial charge in [-0.2, -0.15) is 0 Å². The Morgan fingerprint density at radius 3 is 1.97 bits per heavy atom. The van der Waals surface area contributed by atoms with Crippen molar-refractivity contribution in [1.82, 2.24) is 0 Å². The lowest BCUT2D eigenvalue weighted by Crippen LogP contribution is -2.17. The van der Waals surface area contributed by atoms with Crippen molar-refractivity contribution in [2.24, 2.45) is 0 Å². The minimum absolute atomic E-state index is 0.129. The zero-order chi connectivity index (χ0) is 22.2. The summed E-state index contributed by atoms with van der Waals surface area (Å²) in [5.41, 5.74) is 6.53. The Bertz CT molecular complexity index is 1190. The molecule has 3 rings (SSSR count). The average molecular weight is 418 g/mol. The molecule has 4 heteroatoms. The van der Waals surface area contributed by atoms with Gasteiger partial charge in [-0.25, -0.2) is 0 Å². The van der Waals surface area contributed by atoms with Gasteiger partial charge >= 0.3 is 0 Å². The van der Waals surface area contributed by atoms with E-state index < -0.39 is 7.80 Å². The first-order valence-electron chi connectivity index (χ1n) is 10.0. The average Bonchev–Trinajstić information content (AvgIpc) is 2.72. The maximum Gasteiger partial charge on any atom is 0.223 e. The Labute approximate surface area is 178 Å². The summed E-state index contributed by atoms with van der Waals surface area (Å²) in [6, 6.07) is 14.5. The molecule has 0 aliphatic rings. The summed E-state index contributed by atoms with van der Waals surface area (Å²) in [4.78, 5) is 26.4. The van der Waals surface area contributed by atoms with Crippen molar-refractivity contribution in [1.29, 1.82) is 0 Å². The predicted octanol–water partition coefficient (Wildman–Crippen LogP) is 5.79. The van der Waals surface area contributed by atoms with Crippen molar-refractivity contribution in [3.8, 4) is 0 Å². The second-order valence-electron chi connectivity index (χ2n) is 7.92. The van der Waals surface area contributed by atoms with E-state index in [1.807, 2.05) is 58.9 Å². The van der Waals surface area contributed by atoms with Crippen LogP contribution in [0.25, 0.3) is 0 Å². The standard InChI is InChI=1S/C26H27O3P/c1-15-12-13-22(24(27)21-10-8-7-9-11-21)20(6)25(15)30(29)26(28)23-17(3)14-16(2)18(4)19(23)5/h7-14,30H,1-6H3. The Balaban J connectivity index is 2.11. The van der Waals surface area contributed by atoms with E-state index in [9.17, 15) is 14.2 Å². The van der Waals surface area contributed by atoms with Crippen molar-refractivity contribution < 1.29 is 14.2 Å². The van der Waals surface area contributed by atoms with Gasteiger partial charge in [0.25, 0.3) is 0 Å². The highest BCUT2D eigenvalue weighted by atomic mass is 31.1. The van der Waals surface area contributed by atoms with Crippen molar-refractivity contribution in [2.45, 2.75) is 41.5 Å². The van der Waals surface area contributed by atoms with E-state index in [-0.39, 0.29) is 11.3 Å². The Hall–Kier alpha value is -2.77. The third kappa shape index (κ3) is 3.82. The molecule has 0 aliphatic carbocycles. The minimum atomic E-state index is -2.81. The lowest BCUT2D eigenvalue weighted by atomic mass is 9.95. The first-order valence-corrected chi connectivity index (χ1v) is 11.4. The number of ketones is 1. The Kier molecular flexibility index (Phi) is 6.24. The number of carbonyl (C=O) groups excluding carboxylic acids is 2. The Morgan fingerprint density at radius 1 is 0.700 bits per heavy atom. The quantitative estimate of drug-likeness (QED) is 0.389. The zero-order valence-electron chi connectivity index (χ0n) is 18.3. The molecule has 0 bridgehead atoms. The monoisotopic (exact) mass is 418 g/mol. The molecule has 1 unspecified atom stereocenters. The van der Waals surface area contributed by atoms with Crippen LogP contribution >= 0.6 is 7.80 Å². The van der Waals surface area contributed by atoms with Crippen LogP contribution in [0.1, 0.15) is 59.7 Å². The second-order valence-corrected chi connectivity index (χ2v) is 9.53. The topological polar surface area (TPSA) is 51.2 Å². The molecule has 0 heterocycles. The highest BCUT2D eigenvalue weighted by molar-refractivity contribution is 7.71. The van der Waals surface area contributed by atoms with Gasteiger partial charge in [-0.3, -0.25) is 9.59 Å². The third-order valence-electron chi connectivity index (χ3n) is 5.97. The van der Waals surface area contributed by atoms with Crippen LogP contribution in [0, 0.1) is 41.5 Å². The van der Waals surface area contributed by atoms with E-state index in [1.165, 1.54) is 0 Å². The van der Waals surface area contributed by atoms with Gasteiger partial charge in [-0.1, -0.05) is 48.5 Å². The lowest BCUT2D eigenvalue weighted by Gasteiger charge is -2.17. The largest absolute Gasteiger partial charge is 0.313 e. The van der Waals surface area contributed by atoms with Gasteiger partial charge in [0, 0.05) is 22.0 Å². The molecule has 0 spiro atoms. The zero-order valence-corrected chi connectivity index (χ0v) is 19.3. The van der Waals surface area contributed by atoms with Gasteiger partial charge in [0.1, 0.15) is 0 Å². The highest BCUT2D eigenvalue weighted by Gasteiger charge is 2.26. The van der Waals surface area contributed by atoms with Gasteiger partial charge in [0.15, 0.2) is 13.6 Å². The van der Waals surface area contributed by atoms with Crippen LogP contribution in [0.2, 0.25) is 0 Å². The molecule has 30 heavy (non-hydrogen) atoms. The number of benzene rings is 3. The van der Waals surface area contributed by atoms with E-state index in [0.717, 1.165) is 27.8 Å². The first-order chi connectivity index (χ1) is 14.1. The molecule has 1 atom stereocenters. The summed E-state index contributed by atoms with van der Waals surface area (Å²) < 4.78 is 13.5. The van der Waals surface area contributed by atoms with Gasteiger partial charge in [0.2, 0.25) is 5.52 Å². The van der Waals surface area contributed by atoms with Crippen LogP contribution in [0.15, 0.2) is 48.5 Å². The number of aryl methyl sites for hydroxylation is 3. The summed E-state index contributed by atoms with van der Waals surface area (Å²) in [7, 11) is -2.81. The van der Waals surface area contributed by atoms with E-state index in [4.69, 9.17) is 0 Å². The SMILES string of the molecule is Cc1cc(C)c(C(=O)[PH](=O)c2c(C)ccc(C(=O)c3ccccc3)c2C)c(C)c1C. The molecule has 0 saturated carbocycles. The maximum absolute atomic E-state index is 13.5. The number of hydrogen-bond acceptors (Lipinski definition) is 3. The smallest absolute Gasteiger partial charge is 0.223 e. The first kappa shape index (κ1) is 21.9. The summed E-state index contributed by atoms with van der Waals surface area (Å²) in [6.07, 6.45) is 0. The summed E-state index contributed by atoms with van der Waals surface area (Å²) in [5.74, 6) is -0.129. The maximum atomic E-state index is 13.5. The number of carbonyl (C=O) groups is 2. The van der Waals surface area contributed by atoms with Gasteiger partial charge in [-0.05, 0) is 74.9 Å². The van der Waals surface area contributed by atoms with E-state index >= 15 is 0 Å². The molecule has 0 aliphatic heterocycles. The Morgan fingerprint density at radius 2 is 1.33 bits per heavy atom. The predicted molar refractivity (Wildman–Crippen MR) is 124 cm³/mol. The van der Waals surface area contributed by atoms with Crippen LogP contribution in [-0.4, -0.2) is 11.3 Å². The van der Waals surface area contributed by atoms with Gasteiger partial charge < -0.3 is 4.57 Å². The van der Waals surface area contributed by atoms with E-state index in [1.54, 1.807) is 31.2 Å². The lowest BCUT2D eigenvalue weighted by molar-refractivity contribution is 0.103. The van der Waals surface area contributed by atoms with Crippen LogP contribution in [-0.2, 0) is 4.57 Å². The molecule has 3 aromatic carbocycles. The number of hydrogen-bond donors (Lipinski definition) is 0. The molecule has 0 saturated heterocycles. The fourth-order valence-electron chi connectivity index (χ4n) is 4.05. The number of rotatable bonds is 5. The normalized spacial score (nSPS) is 11.9. The summed E-state index contributed by atoms with van der Waals surface area (Å²) in [5, 5.41) is 0.504. The van der Waals surface area contributed by atoms with E-state index in [0.29, 0.717) is 27.6 Å². The van der Waals surface area contributed by atoms with Gasteiger partial charge in [-0.15, -0.1) is 0 Å². The van der Waals surface area contributed by atoms with Crippen molar-refractivity contribution in [3.05, 3.63) is 98.6 Å². The molecule has 0 fully saturated rings. The van der Waals surface area contributed by atoms with Crippen molar-refractivity contribution >= 4 is 24.4 Å². The molecule has 0 amide bonds. The van der Waals surface area contributed by atoms with Crippen LogP contribution in [0.3, 0.4) is 0 Å². The van der Waals surface area contributed by atoms with Crippen molar-refractivity contribution in [3.63, 3.8) is 0 Å². The van der Waals surface area contributed by atoms with Gasteiger partial charge in [0.05, 0.1) is 0 Å². The molecule has 3 nitrogen and oxygen atoms in total. The van der Waals surface area contributed by atoms with Crippen LogP contribution in [0.5, 0.6) is 0 Å².